The summed E-state index contributed by atoms with van der Waals surface area (Å²) in [5, 5.41) is 2.14. The average Bonchev–Trinajstić information content (AvgIpc) is 3.21. The maximum Gasteiger partial charge on any atom is 0.246 e. The Kier molecular flexibility index (Phi) is 6.71. The van der Waals surface area contributed by atoms with Gasteiger partial charge in [0.15, 0.2) is 4.90 Å². The van der Waals surface area contributed by atoms with Crippen molar-refractivity contribution in [1.82, 2.24) is 14.5 Å². The number of hydrogen-bond donors (Lipinski definition) is 1. The van der Waals surface area contributed by atoms with E-state index in [2.05, 4.69) is 21.1 Å². The largest absolute Gasteiger partial charge is 0.343 e. The molecule has 6 nitrogen and oxygen atoms in total. The topological polar surface area (TPSA) is 69.7 Å². The molecule has 0 bridgehead atoms. The number of piperidine rings is 1. The van der Waals surface area contributed by atoms with Crippen molar-refractivity contribution in [2.75, 3.05) is 26.2 Å². The summed E-state index contributed by atoms with van der Waals surface area (Å²) in [7, 11) is -4.37. The molecule has 1 N–H and O–H groups in total. The molecule has 0 atom stereocenters. The molecule has 4 rings (SSSR count). The van der Waals surface area contributed by atoms with E-state index in [0.29, 0.717) is 19.1 Å². The zero-order chi connectivity index (χ0) is 22.0. The molecule has 1 aromatic carbocycles. The first-order chi connectivity index (χ1) is 14.8. The number of rotatable bonds is 6. The van der Waals surface area contributed by atoms with Gasteiger partial charge in [0.2, 0.25) is 15.9 Å². The highest BCUT2D eigenvalue weighted by Gasteiger charge is 2.29. The molecule has 0 radical (unpaired) electrons. The van der Waals surface area contributed by atoms with Crippen LogP contribution in [0, 0.1) is 11.6 Å². The number of sulfonamides is 1. The Morgan fingerprint density at radius 3 is 2.55 bits per heavy atom. The zero-order valence-corrected chi connectivity index (χ0v) is 18.7. The maximum atomic E-state index is 13.7. The Balaban J connectivity index is 1.24. The van der Waals surface area contributed by atoms with Gasteiger partial charge in [0.1, 0.15) is 11.6 Å². The van der Waals surface area contributed by atoms with Gasteiger partial charge < -0.3 is 4.90 Å². The SMILES string of the molecule is O=C(CCNS(=O)(=O)c1c(F)cccc1F)N1CCC(N2CCc3sccc3C2)CC1. The van der Waals surface area contributed by atoms with Gasteiger partial charge in [0.25, 0.3) is 0 Å². The second-order valence-corrected chi connectivity index (χ2v) is 10.6. The normalized spacial score (nSPS) is 18.2. The summed E-state index contributed by atoms with van der Waals surface area (Å²) in [5.41, 5.74) is 1.41. The number of carbonyl (C=O) groups excluding carboxylic acids is 1. The Labute approximate surface area is 184 Å². The van der Waals surface area contributed by atoms with Gasteiger partial charge in [-0.25, -0.2) is 21.9 Å². The molecule has 0 spiro atoms. The molecule has 2 aliphatic rings. The minimum Gasteiger partial charge on any atom is -0.343 e. The van der Waals surface area contributed by atoms with E-state index in [-0.39, 0.29) is 18.9 Å². The smallest absolute Gasteiger partial charge is 0.246 e. The third kappa shape index (κ3) is 4.97. The van der Waals surface area contributed by atoms with Crippen LogP contribution in [0.3, 0.4) is 0 Å². The molecule has 2 aliphatic heterocycles. The Hall–Kier alpha value is -1.88. The molecule has 0 aliphatic carbocycles. The van der Waals surface area contributed by atoms with Gasteiger partial charge in [-0.2, -0.15) is 0 Å². The van der Waals surface area contributed by atoms with Crippen LogP contribution in [0.15, 0.2) is 34.5 Å². The number of likely N-dealkylation sites (tertiary alicyclic amines) is 1. The lowest BCUT2D eigenvalue weighted by Gasteiger charge is -2.40. The van der Waals surface area contributed by atoms with E-state index < -0.39 is 26.6 Å². The van der Waals surface area contributed by atoms with Gasteiger partial charge in [0.05, 0.1) is 0 Å². The van der Waals surface area contributed by atoms with Crippen molar-refractivity contribution in [1.29, 1.82) is 0 Å². The molecule has 1 saturated heterocycles. The minimum absolute atomic E-state index is 0.0536. The highest BCUT2D eigenvalue weighted by atomic mass is 32.2. The molecular weight excluding hydrogens is 444 g/mol. The first-order valence-corrected chi connectivity index (χ1v) is 12.7. The summed E-state index contributed by atoms with van der Waals surface area (Å²) in [4.78, 5) is 17.2. The third-order valence-corrected chi connectivity index (χ3v) is 8.52. The van der Waals surface area contributed by atoms with Crippen molar-refractivity contribution in [3.8, 4) is 0 Å². The number of amides is 1. The highest BCUT2D eigenvalue weighted by Crippen LogP contribution is 2.28. The van der Waals surface area contributed by atoms with Crippen LogP contribution in [0.4, 0.5) is 8.78 Å². The van der Waals surface area contributed by atoms with E-state index in [0.717, 1.165) is 50.6 Å². The van der Waals surface area contributed by atoms with E-state index in [4.69, 9.17) is 0 Å². The van der Waals surface area contributed by atoms with E-state index in [9.17, 15) is 22.0 Å². The first kappa shape index (κ1) is 22.3. The van der Waals surface area contributed by atoms with Gasteiger partial charge in [-0.05, 0) is 48.4 Å². The monoisotopic (exact) mass is 469 g/mol. The average molecular weight is 470 g/mol. The quantitative estimate of drug-likeness (QED) is 0.707. The molecule has 0 unspecified atom stereocenters. The van der Waals surface area contributed by atoms with Gasteiger partial charge in [-0.15, -0.1) is 11.3 Å². The number of hydrogen-bond acceptors (Lipinski definition) is 5. The molecule has 10 heteroatoms. The maximum absolute atomic E-state index is 13.7. The van der Waals surface area contributed by atoms with Gasteiger partial charge in [-0.1, -0.05) is 6.07 Å². The Bertz CT molecular complexity index is 1030. The molecule has 168 valence electrons. The van der Waals surface area contributed by atoms with Crippen LogP contribution in [0.5, 0.6) is 0 Å². The van der Waals surface area contributed by atoms with Crippen molar-refractivity contribution in [2.24, 2.45) is 0 Å². The molecule has 1 aromatic heterocycles. The summed E-state index contributed by atoms with van der Waals surface area (Å²) in [6.07, 6.45) is 2.80. The second-order valence-electron chi connectivity index (χ2n) is 7.90. The van der Waals surface area contributed by atoms with Crippen molar-refractivity contribution in [3.63, 3.8) is 0 Å². The van der Waals surface area contributed by atoms with Crippen molar-refractivity contribution < 1.29 is 22.0 Å². The fourth-order valence-electron chi connectivity index (χ4n) is 4.32. The third-order valence-electron chi connectivity index (χ3n) is 5.99. The van der Waals surface area contributed by atoms with Crippen LogP contribution >= 0.6 is 11.3 Å². The first-order valence-electron chi connectivity index (χ1n) is 10.4. The van der Waals surface area contributed by atoms with E-state index >= 15 is 0 Å². The number of halogens is 2. The van der Waals surface area contributed by atoms with Gasteiger partial charge in [0, 0.05) is 50.1 Å². The van der Waals surface area contributed by atoms with Crippen LogP contribution in [-0.4, -0.2) is 56.3 Å². The fourth-order valence-corrected chi connectivity index (χ4v) is 6.38. The molecule has 1 amide bonds. The number of nitrogens with zero attached hydrogens (tertiary/aromatic N) is 2. The van der Waals surface area contributed by atoms with Crippen LogP contribution in [0.25, 0.3) is 0 Å². The van der Waals surface area contributed by atoms with Crippen LogP contribution in [0.1, 0.15) is 29.7 Å². The van der Waals surface area contributed by atoms with Crippen LogP contribution in [0.2, 0.25) is 0 Å². The lowest BCUT2D eigenvalue weighted by atomic mass is 9.99. The summed E-state index contributed by atoms with van der Waals surface area (Å²) in [6, 6.07) is 5.50. The molecule has 0 saturated carbocycles. The summed E-state index contributed by atoms with van der Waals surface area (Å²) < 4.78 is 54.0. The van der Waals surface area contributed by atoms with E-state index in [1.807, 2.05) is 11.3 Å². The minimum atomic E-state index is -4.37. The van der Waals surface area contributed by atoms with Crippen molar-refractivity contribution in [3.05, 3.63) is 51.7 Å². The Morgan fingerprint density at radius 1 is 1.13 bits per heavy atom. The molecule has 1 fully saturated rings. The number of thiophene rings is 1. The molecular formula is C21H25F2N3O3S2. The van der Waals surface area contributed by atoms with Crippen LogP contribution < -0.4 is 4.72 Å². The summed E-state index contributed by atoms with van der Waals surface area (Å²) in [6.45, 7) is 3.06. The van der Waals surface area contributed by atoms with E-state index in [1.54, 1.807) is 4.90 Å². The number of benzene rings is 1. The summed E-state index contributed by atoms with van der Waals surface area (Å²) >= 11 is 1.82. The summed E-state index contributed by atoms with van der Waals surface area (Å²) in [5.74, 6) is -2.48. The molecule has 3 heterocycles. The lowest BCUT2D eigenvalue weighted by molar-refractivity contribution is -0.132. The van der Waals surface area contributed by atoms with Crippen molar-refractivity contribution in [2.45, 2.75) is 43.2 Å². The standard InChI is InChI=1S/C21H25F2N3O3S2/c22-17-2-1-3-18(23)21(17)31(28,29)24-9-4-20(27)25-10-5-16(6-11-25)26-12-7-19-15(14-26)8-13-30-19/h1-3,8,13,16,24H,4-7,9-12,14H2. The van der Waals surface area contributed by atoms with Crippen molar-refractivity contribution >= 4 is 27.3 Å². The van der Waals surface area contributed by atoms with Crippen LogP contribution in [-0.2, 0) is 27.8 Å². The number of nitrogens with one attached hydrogen (secondary N) is 1. The Morgan fingerprint density at radius 2 is 1.84 bits per heavy atom. The number of fused-ring (bicyclic) bond motifs is 1. The van der Waals surface area contributed by atoms with Gasteiger partial charge in [-0.3, -0.25) is 9.69 Å². The predicted molar refractivity (Wildman–Crippen MR) is 114 cm³/mol. The second kappa shape index (κ2) is 9.32. The fraction of sp³-hybridized carbons (Fsp3) is 0.476. The number of carbonyl (C=O) groups is 1. The lowest BCUT2D eigenvalue weighted by Crippen LogP contribution is -2.48. The predicted octanol–water partition coefficient (Wildman–Crippen LogP) is 2.74. The molecule has 31 heavy (non-hydrogen) atoms. The highest BCUT2D eigenvalue weighted by molar-refractivity contribution is 7.89. The zero-order valence-electron chi connectivity index (χ0n) is 17.0. The van der Waals surface area contributed by atoms with E-state index in [1.165, 1.54) is 10.4 Å². The van der Waals surface area contributed by atoms with Gasteiger partial charge >= 0.3 is 0 Å². The molecule has 2 aromatic rings.